The van der Waals surface area contributed by atoms with Gasteiger partial charge in [-0.15, -0.1) is 0 Å². The van der Waals surface area contributed by atoms with E-state index in [1.165, 1.54) is 0 Å². The molecule has 2 aromatic heterocycles. The number of ether oxygens (including phenoxy) is 2. The third kappa shape index (κ3) is 5.92. The van der Waals surface area contributed by atoms with Crippen molar-refractivity contribution >= 4 is 23.8 Å². The highest BCUT2D eigenvalue weighted by molar-refractivity contribution is 7.98. The number of piperidine rings is 1. The lowest BCUT2D eigenvalue weighted by atomic mass is 10.1. The molecule has 1 N–H and O–H groups in total. The summed E-state index contributed by atoms with van der Waals surface area (Å²) in [6.07, 6.45) is 5.28. The minimum atomic E-state index is -0.520. The highest BCUT2D eigenvalue weighted by atomic mass is 32.2. The van der Waals surface area contributed by atoms with Crippen molar-refractivity contribution in [2.45, 2.75) is 50.4 Å². The number of carbonyl (C=O) groups is 1. The van der Waals surface area contributed by atoms with Crippen molar-refractivity contribution in [1.82, 2.24) is 24.4 Å². The summed E-state index contributed by atoms with van der Waals surface area (Å²) >= 11 is 1.58. The Bertz CT molecular complexity index is 1220. The van der Waals surface area contributed by atoms with Crippen molar-refractivity contribution < 1.29 is 14.3 Å². The Balaban J connectivity index is 1.59. The summed E-state index contributed by atoms with van der Waals surface area (Å²) in [5.74, 6) is 1.29. The van der Waals surface area contributed by atoms with Gasteiger partial charge in [0.15, 0.2) is 5.16 Å². The maximum Gasteiger partial charge on any atom is 0.410 e. The number of likely N-dealkylation sites (tertiary alicyclic amines) is 1. The number of methoxy groups -OCH3 is 1. The summed E-state index contributed by atoms with van der Waals surface area (Å²) in [5.41, 5.74) is 2.93. The molecule has 36 heavy (non-hydrogen) atoms. The highest BCUT2D eigenvalue weighted by Gasteiger charge is 2.28. The standard InChI is InChI=1S/C26H34N6O3S/c1-26(2,3)35-25(33)32-14-8-10-18(16-32)28-23-27-13-12-20(29-23)22-21(30-24(36-6)31(22)4)17-9-7-11-19(15-17)34-5/h7,9,11-13,15,18H,8,10,14,16H2,1-6H3,(H,27,28,29)/t18-/m1/s1. The van der Waals surface area contributed by atoms with Gasteiger partial charge in [-0.3, -0.25) is 0 Å². The number of hydrogen-bond donors (Lipinski definition) is 1. The maximum absolute atomic E-state index is 12.6. The van der Waals surface area contributed by atoms with E-state index in [0.29, 0.717) is 19.0 Å². The van der Waals surface area contributed by atoms with Crippen molar-refractivity contribution in [2.24, 2.45) is 7.05 Å². The maximum atomic E-state index is 12.6. The normalized spacial score (nSPS) is 16.1. The molecule has 1 aromatic carbocycles. The molecule has 4 rings (SSSR count). The lowest BCUT2D eigenvalue weighted by molar-refractivity contribution is 0.0206. The lowest BCUT2D eigenvalue weighted by Crippen LogP contribution is -2.47. The van der Waals surface area contributed by atoms with E-state index in [1.54, 1.807) is 30.0 Å². The van der Waals surface area contributed by atoms with Crippen LogP contribution >= 0.6 is 11.8 Å². The Morgan fingerprint density at radius 1 is 1.22 bits per heavy atom. The fourth-order valence-electron chi connectivity index (χ4n) is 4.26. The molecule has 3 aromatic rings. The van der Waals surface area contributed by atoms with Crippen LogP contribution in [0.15, 0.2) is 41.7 Å². The van der Waals surface area contributed by atoms with Gasteiger partial charge < -0.3 is 24.3 Å². The number of anilines is 1. The fourth-order valence-corrected chi connectivity index (χ4v) is 4.80. The molecule has 192 valence electrons. The summed E-state index contributed by atoms with van der Waals surface area (Å²) in [6.45, 7) is 6.87. The number of nitrogens with one attached hydrogen (secondary N) is 1. The molecule has 0 radical (unpaired) electrons. The van der Waals surface area contributed by atoms with Crippen LogP contribution in [0, 0.1) is 0 Å². The van der Waals surface area contributed by atoms with Crippen LogP contribution in [0.2, 0.25) is 0 Å². The van der Waals surface area contributed by atoms with Crippen LogP contribution in [0.5, 0.6) is 5.75 Å². The van der Waals surface area contributed by atoms with Gasteiger partial charge in [-0.2, -0.15) is 0 Å². The van der Waals surface area contributed by atoms with Gasteiger partial charge in [0.05, 0.1) is 24.2 Å². The number of aromatic nitrogens is 4. The van der Waals surface area contributed by atoms with Crippen LogP contribution in [0.4, 0.5) is 10.7 Å². The fraction of sp³-hybridized carbons (Fsp3) is 0.462. The number of hydrogen-bond acceptors (Lipinski definition) is 8. The number of carbonyl (C=O) groups excluding carboxylic acids is 1. The second-order valence-corrected chi connectivity index (χ2v) is 10.5. The van der Waals surface area contributed by atoms with Crippen molar-refractivity contribution in [1.29, 1.82) is 0 Å². The van der Waals surface area contributed by atoms with E-state index >= 15 is 0 Å². The van der Waals surface area contributed by atoms with Gasteiger partial charge in [0.1, 0.15) is 11.4 Å². The van der Waals surface area contributed by atoms with Gasteiger partial charge >= 0.3 is 6.09 Å². The first-order chi connectivity index (χ1) is 17.2. The van der Waals surface area contributed by atoms with Crippen LogP contribution in [-0.4, -0.2) is 68.6 Å². The summed E-state index contributed by atoms with van der Waals surface area (Å²) in [4.78, 5) is 28.5. The molecule has 0 saturated carbocycles. The number of thioether (sulfide) groups is 1. The van der Waals surface area contributed by atoms with Gasteiger partial charge in [0, 0.05) is 37.9 Å². The van der Waals surface area contributed by atoms with Crippen molar-refractivity contribution in [3.05, 3.63) is 36.5 Å². The van der Waals surface area contributed by atoms with Gasteiger partial charge in [-0.25, -0.2) is 19.7 Å². The molecule has 0 unspecified atom stereocenters. The molecule has 3 heterocycles. The molecule has 1 atom stereocenters. The minimum absolute atomic E-state index is 0.0349. The SMILES string of the molecule is COc1cccc(-c2nc(SC)n(C)c2-c2ccnc(N[C@@H]3CCCN(C(=O)OC(C)(C)C)C3)n2)c1. The van der Waals surface area contributed by atoms with Crippen LogP contribution in [-0.2, 0) is 11.8 Å². The zero-order valence-corrected chi connectivity index (χ0v) is 22.6. The van der Waals surface area contributed by atoms with E-state index in [4.69, 9.17) is 19.4 Å². The molecule has 0 bridgehead atoms. The molecule has 1 aliphatic heterocycles. The van der Waals surface area contributed by atoms with Gasteiger partial charge in [-0.1, -0.05) is 23.9 Å². The molecular weight excluding hydrogens is 476 g/mol. The van der Waals surface area contributed by atoms with E-state index in [2.05, 4.69) is 14.9 Å². The minimum Gasteiger partial charge on any atom is -0.497 e. The third-order valence-corrected chi connectivity index (χ3v) is 6.61. The first-order valence-electron chi connectivity index (χ1n) is 12.0. The largest absolute Gasteiger partial charge is 0.497 e. The Labute approximate surface area is 216 Å². The van der Waals surface area contributed by atoms with Gasteiger partial charge in [0.25, 0.3) is 0 Å². The first-order valence-corrected chi connectivity index (χ1v) is 13.2. The van der Waals surface area contributed by atoms with E-state index < -0.39 is 5.60 Å². The number of amides is 1. The third-order valence-electron chi connectivity index (χ3n) is 5.88. The van der Waals surface area contributed by atoms with Crippen LogP contribution in [0.1, 0.15) is 33.6 Å². The van der Waals surface area contributed by atoms with Crippen LogP contribution in [0.25, 0.3) is 22.6 Å². The predicted molar refractivity (Wildman–Crippen MR) is 142 cm³/mol. The van der Waals surface area contributed by atoms with Crippen LogP contribution < -0.4 is 10.1 Å². The molecule has 1 amide bonds. The zero-order valence-electron chi connectivity index (χ0n) is 21.7. The number of imidazole rings is 1. The average molecular weight is 511 g/mol. The van der Waals surface area contributed by atoms with E-state index in [1.807, 2.05) is 64.4 Å². The topological polar surface area (TPSA) is 94.4 Å². The Morgan fingerprint density at radius 3 is 2.75 bits per heavy atom. The molecular formula is C26H34N6O3S. The Morgan fingerprint density at radius 2 is 2.03 bits per heavy atom. The van der Waals surface area contributed by atoms with E-state index in [9.17, 15) is 4.79 Å². The van der Waals surface area contributed by atoms with Gasteiger partial charge in [0.2, 0.25) is 5.95 Å². The zero-order chi connectivity index (χ0) is 25.9. The number of benzene rings is 1. The summed E-state index contributed by atoms with van der Waals surface area (Å²) < 4.78 is 13.0. The second-order valence-electron chi connectivity index (χ2n) is 9.76. The predicted octanol–water partition coefficient (Wildman–Crippen LogP) is 5.09. The summed E-state index contributed by atoms with van der Waals surface area (Å²) in [7, 11) is 3.65. The molecule has 0 aliphatic carbocycles. The van der Waals surface area contributed by atoms with Crippen molar-refractivity contribution in [2.75, 3.05) is 31.8 Å². The number of rotatable bonds is 6. The Kier molecular flexibility index (Phi) is 7.73. The molecule has 10 heteroatoms. The first kappa shape index (κ1) is 25.8. The van der Waals surface area contributed by atoms with Crippen molar-refractivity contribution in [3.63, 3.8) is 0 Å². The monoisotopic (exact) mass is 510 g/mol. The molecule has 1 fully saturated rings. The molecule has 1 aliphatic rings. The number of nitrogens with zero attached hydrogens (tertiary/aromatic N) is 5. The summed E-state index contributed by atoms with van der Waals surface area (Å²) in [6, 6.07) is 9.80. The quantitative estimate of drug-likeness (QED) is 0.459. The van der Waals surface area contributed by atoms with Gasteiger partial charge in [-0.05, 0) is 58.1 Å². The average Bonchev–Trinajstić information content (AvgIpc) is 3.19. The molecule has 0 spiro atoms. The summed E-state index contributed by atoms with van der Waals surface area (Å²) in [5, 5.41) is 4.32. The van der Waals surface area contributed by atoms with E-state index in [-0.39, 0.29) is 12.1 Å². The van der Waals surface area contributed by atoms with Crippen molar-refractivity contribution in [3.8, 4) is 28.4 Å². The highest BCUT2D eigenvalue weighted by Crippen LogP contribution is 2.35. The second kappa shape index (κ2) is 10.8. The molecule has 1 saturated heterocycles. The smallest absolute Gasteiger partial charge is 0.410 e. The molecule has 9 nitrogen and oxygen atoms in total. The lowest BCUT2D eigenvalue weighted by Gasteiger charge is -2.34. The van der Waals surface area contributed by atoms with E-state index in [0.717, 1.165) is 46.4 Å². The van der Waals surface area contributed by atoms with Crippen LogP contribution in [0.3, 0.4) is 0 Å². The Hall–Kier alpha value is -3.27.